The van der Waals surface area contributed by atoms with Gasteiger partial charge in [-0.2, -0.15) is 0 Å². The molecule has 2 aliphatic rings. The number of rotatable bonds is 3. The number of hydrogen-bond acceptors (Lipinski definition) is 3. The molecule has 0 saturated carbocycles. The number of hydrogen-bond donors (Lipinski definition) is 1. The van der Waals surface area contributed by atoms with Crippen molar-refractivity contribution >= 4 is 0 Å². The lowest BCUT2D eigenvalue weighted by molar-refractivity contribution is 0.161. The molecule has 2 unspecified atom stereocenters. The summed E-state index contributed by atoms with van der Waals surface area (Å²) >= 11 is 0. The molecule has 2 rings (SSSR count). The van der Waals surface area contributed by atoms with Crippen molar-refractivity contribution in [2.45, 2.75) is 31.3 Å². The predicted octanol–water partition coefficient (Wildman–Crippen LogP) is 0.374. The molecule has 2 saturated heterocycles. The highest BCUT2D eigenvalue weighted by molar-refractivity contribution is 4.89. The number of nitrogens with one attached hydrogen (secondary N) is 1. The van der Waals surface area contributed by atoms with Crippen LogP contribution in [0.15, 0.2) is 0 Å². The molecule has 82 valence electrons. The zero-order chi connectivity index (χ0) is 9.97. The highest BCUT2D eigenvalue weighted by Crippen LogP contribution is 2.23. The zero-order valence-electron chi connectivity index (χ0n) is 9.50. The third-order valence-electron chi connectivity index (χ3n) is 3.50. The molecule has 0 aromatic heterocycles. The Morgan fingerprint density at radius 2 is 2.21 bits per heavy atom. The average Bonchev–Trinajstić information content (AvgIpc) is 2.70. The Labute approximate surface area is 87.4 Å². The monoisotopic (exact) mass is 197 g/mol. The van der Waals surface area contributed by atoms with E-state index in [1.807, 2.05) is 0 Å². The smallest absolute Gasteiger partial charge is 0.0236 e. The van der Waals surface area contributed by atoms with Crippen LogP contribution in [0.4, 0.5) is 0 Å². The van der Waals surface area contributed by atoms with E-state index in [2.05, 4.69) is 29.2 Å². The zero-order valence-corrected chi connectivity index (χ0v) is 9.50. The Bertz CT molecular complexity index is 175. The Kier molecular flexibility index (Phi) is 3.42. The molecule has 0 radical (unpaired) electrons. The normalized spacial score (nSPS) is 34.5. The minimum absolute atomic E-state index is 0.815. The van der Waals surface area contributed by atoms with Gasteiger partial charge in [0.1, 0.15) is 0 Å². The lowest BCUT2D eigenvalue weighted by atomic mass is 10.1. The van der Waals surface area contributed by atoms with Crippen LogP contribution in [0, 0.1) is 0 Å². The molecule has 2 atom stereocenters. The second-order valence-corrected chi connectivity index (χ2v) is 4.94. The van der Waals surface area contributed by atoms with Gasteiger partial charge in [-0.25, -0.2) is 0 Å². The van der Waals surface area contributed by atoms with Gasteiger partial charge in [-0.15, -0.1) is 0 Å². The van der Waals surface area contributed by atoms with Crippen LogP contribution in [0.25, 0.3) is 0 Å². The van der Waals surface area contributed by atoms with Gasteiger partial charge in [0, 0.05) is 25.2 Å². The van der Waals surface area contributed by atoms with Crippen molar-refractivity contribution in [1.29, 1.82) is 0 Å². The van der Waals surface area contributed by atoms with Gasteiger partial charge in [0.2, 0.25) is 0 Å². The van der Waals surface area contributed by atoms with Gasteiger partial charge in [-0.1, -0.05) is 0 Å². The standard InChI is InChI=1S/C11H23N3/c1-13(2)9-11-4-3-7-14(11)10-5-6-12-8-10/h10-12H,3-9H2,1-2H3. The number of likely N-dealkylation sites (N-methyl/N-ethyl adjacent to an activating group) is 1. The molecule has 2 heterocycles. The summed E-state index contributed by atoms with van der Waals surface area (Å²) in [6.45, 7) is 4.99. The quantitative estimate of drug-likeness (QED) is 0.705. The van der Waals surface area contributed by atoms with Crippen molar-refractivity contribution in [2.24, 2.45) is 0 Å². The van der Waals surface area contributed by atoms with E-state index in [1.165, 1.54) is 45.4 Å². The molecule has 0 spiro atoms. The van der Waals surface area contributed by atoms with Gasteiger partial charge in [0.05, 0.1) is 0 Å². The van der Waals surface area contributed by atoms with Crippen LogP contribution in [0.1, 0.15) is 19.3 Å². The molecular weight excluding hydrogens is 174 g/mol. The molecule has 0 aromatic carbocycles. The van der Waals surface area contributed by atoms with Crippen molar-refractivity contribution in [3.05, 3.63) is 0 Å². The van der Waals surface area contributed by atoms with Crippen LogP contribution in [-0.4, -0.2) is 62.2 Å². The van der Waals surface area contributed by atoms with Gasteiger partial charge in [-0.3, -0.25) is 4.90 Å². The Morgan fingerprint density at radius 3 is 2.86 bits per heavy atom. The number of likely N-dealkylation sites (tertiary alicyclic amines) is 1. The summed E-state index contributed by atoms with van der Waals surface area (Å²) in [7, 11) is 4.37. The van der Waals surface area contributed by atoms with E-state index in [9.17, 15) is 0 Å². The fourth-order valence-corrected chi connectivity index (χ4v) is 2.88. The second kappa shape index (κ2) is 4.60. The van der Waals surface area contributed by atoms with E-state index in [0.717, 1.165) is 12.1 Å². The fourth-order valence-electron chi connectivity index (χ4n) is 2.88. The van der Waals surface area contributed by atoms with Crippen molar-refractivity contribution in [3.63, 3.8) is 0 Å². The first-order valence-corrected chi connectivity index (χ1v) is 5.88. The summed E-state index contributed by atoms with van der Waals surface area (Å²) < 4.78 is 0. The third kappa shape index (κ3) is 2.27. The van der Waals surface area contributed by atoms with Crippen molar-refractivity contribution < 1.29 is 0 Å². The van der Waals surface area contributed by atoms with Crippen LogP contribution in [0.5, 0.6) is 0 Å². The van der Waals surface area contributed by atoms with Crippen LogP contribution in [-0.2, 0) is 0 Å². The molecule has 0 aliphatic carbocycles. The van der Waals surface area contributed by atoms with Gasteiger partial charge >= 0.3 is 0 Å². The predicted molar refractivity (Wildman–Crippen MR) is 59.6 cm³/mol. The van der Waals surface area contributed by atoms with E-state index in [-0.39, 0.29) is 0 Å². The first-order valence-electron chi connectivity index (χ1n) is 5.88. The molecule has 0 bridgehead atoms. The molecule has 1 N–H and O–H groups in total. The maximum atomic E-state index is 3.47. The molecule has 3 heteroatoms. The van der Waals surface area contributed by atoms with Crippen molar-refractivity contribution in [2.75, 3.05) is 40.3 Å². The largest absolute Gasteiger partial charge is 0.315 e. The average molecular weight is 197 g/mol. The van der Waals surface area contributed by atoms with E-state index >= 15 is 0 Å². The topological polar surface area (TPSA) is 18.5 Å². The second-order valence-electron chi connectivity index (χ2n) is 4.94. The first-order chi connectivity index (χ1) is 6.77. The van der Waals surface area contributed by atoms with E-state index < -0.39 is 0 Å². The van der Waals surface area contributed by atoms with E-state index in [4.69, 9.17) is 0 Å². The van der Waals surface area contributed by atoms with Crippen LogP contribution >= 0.6 is 0 Å². The highest BCUT2D eigenvalue weighted by atomic mass is 15.3. The van der Waals surface area contributed by atoms with E-state index in [0.29, 0.717) is 0 Å². The van der Waals surface area contributed by atoms with Gasteiger partial charge in [0.15, 0.2) is 0 Å². The van der Waals surface area contributed by atoms with Crippen LogP contribution in [0.2, 0.25) is 0 Å². The third-order valence-corrected chi connectivity index (χ3v) is 3.50. The highest BCUT2D eigenvalue weighted by Gasteiger charge is 2.32. The Hall–Kier alpha value is -0.120. The van der Waals surface area contributed by atoms with E-state index in [1.54, 1.807) is 0 Å². The maximum absolute atomic E-state index is 3.47. The Balaban J connectivity index is 1.89. The van der Waals surface area contributed by atoms with Crippen LogP contribution < -0.4 is 5.32 Å². The molecule has 2 fully saturated rings. The summed E-state index contributed by atoms with van der Waals surface area (Å²) in [5.74, 6) is 0. The summed E-state index contributed by atoms with van der Waals surface area (Å²) in [6.07, 6.45) is 4.15. The summed E-state index contributed by atoms with van der Waals surface area (Å²) in [5.41, 5.74) is 0. The molecule has 14 heavy (non-hydrogen) atoms. The van der Waals surface area contributed by atoms with Gasteiger partial charge in [0.25, 0.3) is 0 Å². The first kappa shape index (κ1) is 10.4. The SMILES string of the molecule is CN(C)CC1CCCN1C1CCNC1. The lowest BCUT2D eigenvalue weighted by Crippen LogP contribution is -2.44. The van der Waals surface area contributed by atoms with Gasteiger partial charge < -0.3 is 10.2 Å². The minimum atomic E-state index is 0.815. The lowest BCUT2D eigenvalue weighted by Gasteiger charge is -2.31. The van der Waals surface area contributed by atoms with Crippen molar-refractivity contribution in [3.8, 4) is 0 Å². The summed E-state index contributed by atoms with van der Waals surface area (Å²) in [6, 6.07) is 1.64. The number of nitrogens with zero attached hydrogens (tertiary/aromatic N) is 2. The summed E-state index contributed by atoms with van der Waals surface area (Å²) in [5, 5.41) is 3.47. The Morgan fingerprint density at radius 1 is 1.36 bits per heavy atom. The minimum Gasteiger partial charge on any atom is -0.315 e. The molecule has 0 aromatic rings. The summed E-state index contributed by atoms with van der Waals surface area (Å²) in [4.78, 5) is 5.06. The van der Waals surface area contributed by atoms with Crippen molar-refractivity contribution in [1.82, 2.24) is 15.1 Å². The molecular formula is C11H23N3. The maximum Gasteiger partial charge on any atom is 0.0236 e. The molecule has 0 amide bonds. The van der Waals surface area contributed by atoms with Gasteiger partial charge in [-0.05, 0) is 46.4 Å². The van der Waals surface area contributed by atoms with Crippen LogP contribution in [0.3, 0.4) is 0 Å². The molecule has 2 aliphatic heterocycles. The molecule has 3 nitrogen and oxygen atoms in total. The fraction of sp³-hybridized carbons (Fsp3) is 1.00.